The number of imide groups is 1. The number of nitrogens with one attached hydrogen (secondary N) is 2. The molecule has 1 aromatic carbocycles. The second kappa shape index (κ2) is 8.01. The van der Waals surface area contributed by atoms with E-state index >= 15 is 0 Å². The summed E-state index contributed by atoms with van der Waals surface area (Å²) in [6.45, 7) is 6.51. The molecule has 7 heteroatoms. The van der Waals surface area contributed by atoms with Crippen LogP contribution in [0.1, 0.15) is 54.1 Å². The van der Waals surface area contributed by atoms with Gasteiger partial charge in [0.15, 0.2) is 0 Å². The minimum atomic E-state index is -0.552. The minimum Gasteiger partial charge on any atom is -0.322 e. The van der Waals surface area contributed by atoms with Gasteiger partial charge in [0, 0.05) is 37.7 Å². The fourth-order valence-corrected chi connectivity index (χ4v) is 4.61. The van der Waals surface area contributed by atoms with Crippen molar-refractivity contribution in [3.05, 3.63) is 34.9 Å². The zero-order chi connectivity index (χ0) is 19.7. The first-order valence-electron chi connectivity index (χ1n) is 10.3. The summed E-state index contributed by atoms with van der Waals surface area (Å²) >= 11 is 0. The second-order valence-electron chi connectivity index (χ2n) is 8.02. The Hall–Kier alpha value is -2.25. The Balaban J connectivity index is 1.44. The van der Waals surface area contributed by atoms with Gasteiger partial charge in [-0.15, -0.1) is 0 Å². The number of rotatable bonds is 5. The molecule has 0 saturated carbocycles. The van der Waals surface area contributed by atoms with Gasteiger partial charge >= 0.3 is 0 Å². The van der Waals surface area contributed by atoms with Gasteiger partial charge in [-0.05, 0) is 49.5 Å². The van der Waals surface area contributed by atoms with Gasteiger partial charge in [0.05, 0.1) is 0 Å². The summed E-state index contributed by atoms with van der Waals surface area (Å²) in [5, 5.41) is 5.88. The number of benzene rings is 1. The van der Waals surface area contributed by atoms with Crippen molar-refractivity contribution in [2.75, 3.05) is 19.6 Å². The number of carbonyl (C=O) groups is 3. The standard InChI is InChI=1S/C21H28N4O3/c1-2-22-16-4-3-9-24(13-16)11-14-5-6-15-12-25(21(28)17(15)10-14)18-7-8-19(26)23-20(18)27/h5-6,10,16,18,22H,2-4,7-9,11-13H2,1H3,(H,23,26,27). The molecule has 3 amide bonds. The minimum absolute atomic E-state index is 0.101. The second-order valence-corrected chi connectivity index (χ2v) is 8.02. The molecule has 2 unspecified atom stereocenters. The molecule has 3 aliphatic heterocycles. The fraction of sp³-hybridized carbons (Fsp3) is 0.571. The van der Waals surface area contributed by atoms with Gasteiger partial charge in [-0.1, -0.05) is 19.1 Å². The summed E-state index contributed by atoms with van der Waals surface area (Å²) in [6.07, 6.45) is 3.08. The van der Waals surface area contributed by atoms with Crippen molar-refractivity contribution in [2.45, 2.75) is 57.8 Å². The maximum Gasteiger partial charge on any atom is 0.255 e. The van der Waals surface area contributed by atoms with Crippen LogP contribution in [0.3, 0.4) is 0 Å². The van der Waals surface area contributed by atoms with E-state index in [0.29, 0.717) is 24.6 Å². The number of amides is 3. The molecular weight excluding hydrogens is 356 g/mol. The van der Waals surface area contributed by atoms with Gasteiger partial charge < -0.3 is 10.2 Å². The molecule has 0 aromatic heterocycles. The van der Waals surface area contributed by atoms with Crippen LogP contribution in [0, 0.1) is 0 Å². The maximum atomic E-state index is 12.9. The molecule has 3 aliphatic rings. The highest BCUT2D eigenvalue weighted by Gasteiger charge is 2.39. The lowest BCUT2D eigenvalue weighted by atomic mass is 10.0. The van der Waals surface area contributed by atoms with Gasteiger partial charge in [0.1, 0.15) is 6.04 Å². The van der Waals surface area contributed by atoms with Gasteiger partial charge in [-0.25, -0.2) is 0 Å². The van der Waals surface area contributed by atoms with Gasteiger partial charge in [-0.2, -0.15) is 0 Å². The van der Waals surface area contributed by atoms with Crippen LogP contribution in [0.2, 0.25) is 0 Å². The van der Waals surface area contributed by atoms with Crippen LogP contribution in [0.4, 0.5) is 0 Å². The number of fused-ring (bicyclic) bond motifs is 1. The molecule has 0 aliphatic carbocycles. The Morgan fingerprint density at radius 1 is 1.21 bits per heavy atom. The third kappa shape index (κ3) is 3.82. The number of likely N-dealkylation sites (N-methyl/N-ethyl adjacent to an activating group) is 1. The lowest BCUT2D eigenvalue weighted by Gasteiger charge is -2.33. The summed E-state index contributed by atoms with van der Waals surface area (Å²) < 4.78 is 0. The molecular formula is C21H28N4O3. The predicted octanol–water partition coefficient (Wildman–Crippen LogP) is 1.02. The summed E-state index contributed by atoms with van der Waals surface area (Å²) in [7, 11) is 0. The van der Waals surface area contributed by atoms with Crippen LogP contribution in [0.25, 0.3) is 0 Å². The number of piperidine rings is 2. The fourth-order valence-electron chi connectivity index (χ4n) is 4.61. The van der Waals surface area contributed by atoms with E-state index in [4.69, 9.17) is 0 Å². The summed E-state index contributed by atoms with van der Waals surface area (Å²) in [6, 6.07) is 6.08. The molecule has 28 heavy (non-hydrogen) atoms. The summed E-state index contributed by atoms with van der Waals surface area (Å²) in [5.41, 5.74) is 2.79. The van der Waals surface area contributed by atoms with Crippen LogP contribution in [0.5, 0.6) is 0 Å². The highest BCUT2D eigenvalue weighted by molar-refractivity contribution is 6.05. The largest absolute Gasteiger partial charge is 0.322 e. The zero-order valence-corrected chi connectivity index (χ0v) is 16.4. The van der Waals surface area contributed by atoms with Crippen molar-refractivity contribution in [1.82, 2.24) is 20.4 Å². The Morgan fingerprint density at radius 3 is 2.86 bits per heavy atom. The van der Waals surface area contributed by atoms with E-state index in [9.17, 15) is 14.4 Å². The molecule has 150 valence electrons. The van der Waals surface area contributed by atoms with Crippen LogP contribution in [-0.4, -0.2) is 59.2 Å². The van der Waals surface area contributed by atoms with E-state index < -0.39 is 6.04 Å². The molecule has 4 rings (SSSR count). The lowest BCUT2D eigenvalue weighted by Crippen LogP contribution is -2.52. The van der Waals surface area contributed by atoms with E-state index in [1.54, 1.807) is 4.90 Å². The van der Waals surface area contributed by atoms with Crippen molar-refractivity contribution < 1.29 is 14.4 Å². The van der Waals surface area contributed by atoms with Crippen LogP contribution >= 0.6 is 0 Å². The first-order chi connectivity index (χ1) is 13.5. The SMILES string of the molecule is CCNC1CCCN(Cc2ccc3c(c2)C(=O)N(C2CCC(=O)NC2=O)C3)C1. The summed E-state index contributed by atoms with van der Waals surface area (Å²) in [4.78, 5) is 40.5. The quantitative estimate of drug-likeness (QED) is 0.741. The van der Waals surface area contributed by atoms with Gasteiger partial charge in [-0.3, -0.25) is 24.6 Å². The average molecular weight is 384 g/mol. The third-order valence-electron chi connectivity index (χ3n) is 6.00. The topological polar surface area (TPSA) is 81.8 Å². The van der Waals surface area contributed by atoms with Crippen LogP contribution in [-0.2, 0) is 22.7 Å². The van der Waals surface area contributed by atoms with Crippen LogP contribution in [0.15, 0.2) is 18.2 Å². The Morgan fingerprint density at radius 2 is 2.07 bits per heavy atom. The normalized spacial score (nSPS) is 25.8. The van der Waals surface area contributed by atoms with Crippen LogP contribution < -0.4 is 10.6 Å². The highest BCUT2D eigenvalue weighted by Crippen LogP contribution is 2.28. The van der Waals surface area contributed by atoms with Crippen molar-refractivity contribution >= 4 is 17.7 Å². The van der Waals surface area contributed by atoms with Crippen molar-refractivity contribution in [3.63, 3.8) is 0 Å². The molecule has 2 N–H and O–H groups in total. The molecule has 2 fully saturated rings. The zero-order valence-electron chi connectivity index (χ0n) is 16.4. The molecule has 2 atom stereocenters. The number of hydrogen-bond donors (Lipinski definition) is 2. The average Bonchev–Trinajstić information content (AvgIpc) is 2.99. The van der Waals surface area contributed by atoms with Crippen molar-refractivity contribution in [3.8, 4) is 0 Å². The van der Waals surface area contributed by atoms with Crippen molar-refractivity contribution in [2.24, 2.45) is 0 Å². The number of nitrogens with zero attached hydrogens (tertiary/aromatic N) is 2. The first-order valence-corrected chi connectivity index (χ1v) is 10.3. The molecule has 1 aromatic rings. The van der Waals surface area contributed by atoms with Gasteiger partial charge in [0.25, 0.3) is 5.91 Å². The maximum absolute atomic E-state index is 12.9. The molecule has 2 saturated heterocycles. The molecule has 7 nitrogen and oxygen atoms in total. The molecule has 0 radical (unpaired) electrons. The van der Waals surface area contributed by atoms with Gasteiger partial charge in [0.2, 0.25) is 11.8 Å². The predicted molar refractivity (Wildman–Crippen MR) is 104 cm³/mol. The van der Waals surface area contributed by atoms with E-state index in [1.165, 1.54) is 12.8 Å². The first kappa shape index (κ1) is 19.1. The Labute approximate surface area is 165 Å². The third-order valence-corrected chi connectivity index (χ3v) is 6.00. The van der Waals surface area contributed by atoms with E-state index in [-0.39, 0.29) is 24.1 Å². The monoisotopic (exact) mass is 384 g/mol. The molecule has 0 bridgehead atoms. The Kier molecular flexibility index (Phi) is 5.46. The van der Waals surface area contributed by atoms with E-state index in [2.05, 4.69) is 28.5 Å². The number of hydrogen-bond acceptors (Lipinski definition) is 5. The Bertz CT molecular complexity index is 792. The smallest absolute Gasteiger partial charge is 0.255 e. The molecule has 3 heterocycles. The summed E-state index contributed by atoms with van der Waals surface area (Å²) in [5.74, 6) is -0.721. The highest BCUT2D eigenvalue weighted by atomic mass is 16.2. The van der Waals surface area contributed by atoms with E-state index in [0.717, 1.165) is 37.3 Å². The van der Waals surface area contributed by atoms with Crippen molar-refractivity contribution in [1.29, 1.82) is 0 Å². The number of likely N-dealkylation sites (tertiary alicyclic amines) is 1. The van der Waals surface area contributed by atoms with E-state index in [1.807, 2.05) is 12.1 Å². The number of carbonyl (C=O) groups excluding carboxylic acids is 3. The molecule has 0 spiro atoms. The lowest BCUT2D eigenvalue weighted by molar-refractivity contribution is -0.136.